The predicted octanol–water partition coefficient (Wildman–Crippen LogP) is 33.3. The highest BCUT2D eigenvalue weighted by molar-refractivity contribution is 6.12. The predicted molar refractivity (Wildman–Crippen MR) is 571 cm³/mol. The third-order valence-electron chi connectivity index (χ3n) is 29.2. The summed E-state index contributed by atoms with van der Waals surface area (Å²) in [6.45, 7) is 4.66. The Balaban J connectivity index is 0.000000107. The zero-order valence-corrected chi connectivity index (χ0v) is 76.4. The van der Waals surface area contributed by atoms with Crippen molar-refractivity contribution in [1.29, 1.82) is 0 Å². The van der Waals surface area contributed by atoms with Gasteiger partial charge in [-0.05, 0) is 181 Å². The minimum atomic E-state index is -0.472. The fraction of sp³-hybridized carbons (Fsp3) is 0.0382. The third kappa shape index (κ3) is 12.7. The van der Waals surface area contributed by atoms with Crippen LogP contribution in [0.2, 0.25) is 0 Å². The number of benzene rings is 20. The Bertz CT molecular complexity index is 9370. The fourth-order valence-corrected chi connectivity index (χ4v) is 23.1. The first kappa shape index (κ1) is 81.4. The van der Waals surface area contributed by atoms with Gasteiger partial charge in [-0.3, -0.25) is 0 Å². The quantitative estimate of drug-likeness (QED) is 0.125. The minimum Gasteiger partial charge on any atom is -0.452 e. The SMILES string of the molecule is CC1(C)c2ccccc2-c2ccc3ccc(-c4nc(-c5ccccc5)c5oc6ccccc6c5n4)cc3c21.c1ccc(-c2nc(-c3ccc(-c4cccc5c6c(ccc45)-c4ccccc4C6(c4ccccc4)c4ccccc4)cc3)nc3c2oc2ccccc23)cc1.c1ccc(-c2nc(-c3ccc4c5c(ccc4c3)-c3ccccc3C5(c3ccccc3)c3ccccc3)nc3c2oc2ccccc23)cc1. The molecule has 3 aliphatic carbocycles. The van der Waals surface area contributed by atoms with Crippen molar-refractivity contribution >= 4 is 98.5 Å². The lowest BCUT2D eigenvalue weighted by Crippen LogP contribution is -2.28. The third-order valence-corrected chi connectivity index (χ3v) is 29.2. The van der Waals surface area contributed by atoms with E-state index >= 15 is 0 Å². The summed E-state index contributed by atoms with van der Waals surface area (Å²) < 4.78 is 19.0. The summed E-state index contributed by atoms with van der Waals surface area (Å²) in [5, 5.41) is 10.3. The Morgan fingerprint density at radius 3 is 0.957 bits per heavy atom. The number of hydrogen-bond donors (Lipinski definition) is 0. The number of fused-ring (bicyclic) bond motifs is 24. The normalized spacial score (nSPS) is 13.2. The van der Waals surface area contributed by atoms with Gasteiger partial charge in [0.15, 0.2) is 34.2 Å². The van der Waals surface area contributed by atoms with Gasteiger partial charge < -0.3 is 13.3 Å². The number of furan rings is 3. The van der Waals surface area contributed by atoms with Gasteiger partial charge in [0.25, 0.3) is 0 Å². The van der Waals surface area contributed by atoms with Gasteiger partial charge in [0.1, 0.15) is 50.4 Å². The summed E-state index contributed by atoms with van der Waals surface area (Å²) in [7, 11) is 0. The van der Waals surface area contributed by atoms with Crippen molar-refractivity contribution in [1.82, 2.24) is 29.9 Å². The maximum atomic E-state index is 6.36. The topological polar surface area (TPSA) is 117 Å². The second-order valence-corrected chi connectivity index (χ2v) is 37.2. The van der Waals surface area contributed by atoms with E-state index in [-0.39, 0.29) is 5.41 Å². The molecule has 0 bridgehead atoms. The molecule has 0 saturated heterocycles. The Kier molecular flexibility index (Phi) is 18.9. The first-order valence-electron chi connectivity index (χ1n) is 47.8. The molecule has 6 aromatic heterocycles. The molecule has 9 nitrogen and oxygen atoms in total. The maximum absolute atomic E-state index is 6.36. The second-order valence-electron chi connectivity index (χ2n) is 37.2. The smallest absolute Gasteiger partial charge is 0.180 e. The van der Waals surface area contributed by atoms with Crippen molar-refractivity contribution in [2.75, 3.05) is 0 Å². The molecular formula is C131H84N6O3. The van der Waals surface area contributed by atoms with E-state index in [4.69, 9.17) is 43.2 Å². The molecule has 0 aliphatic heterocycles. The fourth-order valence-electron chi connectivity index (χ4n) is 23.1. The molecule has 0 N–H and O–H groups in total. The van der Waals surface area contributed by atoms with Gasteiger partial charge >= 0.3 is 0 Å². The highest BCUT2D eigenvalue weighted by atomic mass is 16.3. The summed E-state index contributed by atoms with van der Waals surface area (Å²) >= 11 is 0. The summed E-state index contributed by atoms with van der Waals surface area (Å²) in [5.41, 5.74) is 37.5. The molecule has 0 spiro atoms. The van der Waals surface area contributed by atoms with Crippen molar-refractivity contribution in [2.45, 2.75) is 30.1 Å². The molecular weight excluding hydrogens is 1710 g/mol. The van der Waals surface area contributed by atoms with Gasteiger partial charge in [-0.25, -0.2) is 29.9 Å². The highest BCUT2D eigenvalue weighted by Crippen LogP contribution is 2.62. The summed E-state index contributed by atoms with van der Waals surface area (Å²) in [4.78, 5) is 30.7. The number of para-hydroxylation sites is 3. The van der Waals surface area contributed by atoms with Gasteiger partial charge in [-0.1, -0.05) is 438 Å². The van der Waals surface area contributed by atoms with E-state index in [1.807, 2.05) is 109 Å². The summed E-state index contributed by atoms with van der Waals surface area (Å²) in [6, 6.07) is 168. The largest absolute Gasteiger partial charge is 0.452 e. The summed E-state index contributed by atoms with van der Waals surface area (Å²) in [5.74, 6) is 2.05. The van der Waals surface area contributed by atoms with E-state index < -0.39 is 10.8 Å². The van der Waals surface area contributed by atoms with Crippen LogP contribution in [0.4, 0.5) is 0 Å². The molecule has 0 radical (unpaired) electrons. The summed E-state index contributed by atoms with van der Waals surface area (Å²) in [6.07, 6.45) is 0. The average Bonchev–Trinajstić information content (AvgIpc) is 1.53. The average molecular weight is 1790 g/mol. The molecule has 140 heavy (non-hydrogen) atoms. The van der Waals surface area contributed by atoms with Crippen LogP contribution in [0.25, 0.3) is 211 Å². The van der Waals surface area contributed by atoms with Gasteiger partial charge in [0.2, 0.25) is 0 Å². The van der Waals surface area contributed by atoms with Crippen LogP contribution in [-0.2, 0) is 16.2 Å². The molecule has 9 heteroatoms. The number of hydrogen-bond acceptors (Lipinski definition) is 9. The molecule has 0 atom stereocenters. The molecule has 0 unspecified atom stereocenters. The van der Waals surface area contributed by atoms with Crippen LogP contribution < -0.4 is 0 Å². The van der Waals surface area contributed by atoms with Crippen LogP contribution >= 0.6 is 0 Å². The molecule has 3 aliphatic rings. The van der Waals surface area contributed by atoms with Gasteiger partial charge in [0.05, 0.1) is 10.8 Å². The first-order valence-corrected chi connectivity index (χ1v) is 47.8. The van der Waals surface area contributed by atoms with E-state index in [1.165, 1.54) is 122 Å². The van der Waals surface area contributed by atoms with Crippen molar-refractivity contribution in [3.63, 3.8) is 0 Å². The van der Waals surface area contributed by atoms with Crippen molar-refractivity contribution in [2.24, 2.45) is 0 Å². The molecule has 0 amide bonds. The standard InChI is InChI=1S/C51H32N2O.C45H28N2O.C35H24N2O/c1-4-15-34(16-5-1)47-49-48(43-22-11-13-26-45(43)54-49)53-50(52-47)35-29-27-33(28-30-35)38-23-14-24-41-39(38)31-32-42-40-21-10-12-25-44(40)51(46(41)42,36-17-6-2-7-18-36)37-19-8-3-9-20-37;1-4-14-29(15-5-1)41-43-42(37-21-11-13-23-39(37)48-43)47-44(46-41)31-25-26-34-30(28-31)24-27-36-35-20-10-12-22-38(35)45(40(34)36,32-16-6-2-7-17-32)33-18-8-3-9-19-33;1-35(2)28-14-8-6-12-24(28)25-19-18-21-16-17-23(20-27(21)30(25)35)34-36-31(22-10-4-3-5-11-22)33-32(37-34)26-13-7-9-15-29(26)38-33/h1-32H;1-28H;3-20H,1-2H3. The van der Waals surface area contributed by atoms with Crippen molar-refractivity contribution in [3.05, 3.63) is 529 Å². The second kappa shape index (κ2) is 32.6. The Morgan fingerprint density at radius 1 is 0.186 bits per heavy atom. The molecule has 6 heterocycles. The Morgan fingerprint density at radius 2 is 0.500 bits per heavy atom. The maximum Gasteiger partial charge on any atom is 0.180 e. The Labute approximate surface area is 807 Å². The minimum absolute atomic E-state index is 0.0924. The zero-order chi connectivity index (χ0) is 92.7. The Hall–Kier alpha value is -18.2. The molecule has 656 valence electrons. The molecule has 29 rings (SSSR count). The van der Waals surface area contributed by atoms with Gasteiger partial charge in [0, 0.05) is 55.0 Å². The lowest BCUT2D eigenvalue weighted by Gasteiger charge is -2.34. The van der Waals surface area contributed by atoms with E-state index in [9.17, 15) is 0 Å². The van der Waals surface area contributed by atoms with Crippen LogP contribution in [0, 0.1) is 0 Å². The number of nitrogens with zero attached hydrogens (tertiary/aromatic N) is 6. The highest BCUT2D eigenvalue weighted by Gasteiger charge is 2.49. The van der Waals surface area contributed by atoms with E-state index in [0.29, 0.717) is 28.6 Å². The van der Waals surface area contributed by atoms with Crippen LogP contribution in [-0.4, -0.2) is 29.9 Å². The molecule has 26 aromatic rings. The first-order chi connectivity index (χ1) is 69.2. The van der Waals surface area contributed by atoms with Crippen LogP contribution in [0.15, 0.2) is 486 Å². The van der Waals surface area contributed by atoms with E-state index in [0.717, 1.165) is 116 Å². The monoisotopic (exact) mass is 1790 g/mol. The van der Waals surface area contributed by atoms with Crippen molar-refractivity contribution < 1.29 is 13.3 Å². The molecule has 0 fully saturated rings. The molecule has 0 saturated carbocycles. The van der Waals surface area contributed by atoms with E-state index in [1.54, 1.807) is 0 Å². The van der Waals surface area contributed by atoms with E-state index in [2.05, 4.69) is 378 Å². The van der Waals surface area contributed by atoms with Gasteiger partial charge in [-0.15, -0.1) is 0 Å². The molecule has 20 aromatic carbocycles. The van der Waals surface area contributed by atoms with Crippen molar-refractivity contribution in [3.8, 4) is 112 Å². The van der Waals surface area contributed by atoms with Gasteiger partial charge in [-0.2, -0.15) is 0 Å². The van der Waals surface area contributed by atoms with Crippen LogP contribution in [0.3, 0.4) is 0 Å². The zero-order valence-electron chi connectivity index (χ0n) is 76.4. The van der Waals surface area contributed by atoms with Crippen LogP contribution in [0.5, 0.6) is 0 Å². The lowest BCUT2D eigenvalue weighted by atomic mass is 9.66. The number of aromatic nitrogens is 6. The number of rotatable bonds is 11. The van der Waals surface area contributed by atoms with Crippen LogP contribution in [0.1, 0.15) is 69.5 Å². The lowest BCUT2D eigenvalue weighted by molar-refractivity contribution is 0.666.